The molecule has 1 heterocycles. The van der Waals surface area contributed by atoms with Gasteiger partial charge in [0, 0.05) is 11.8 Å². The lowest BCUT2D eigenvalue weighted by atomic mass is 10.1. The van der Waals surface area contributed by atoms with Gasteiger partial charge >= 0.3 is 0 Å². The van der Waals surface area contributed by atoms with Crippen molar-refractivity contribution < 1.29 is 19.3 Å². The molecule has 0 saturated carbocycles. The summed E-state index contributed by atoms with van der Waals surface area (Å²) in [4.78, 5) is 15.8. The number of methoxy groups -OCH3 is 2. The summed E-state index contributed by atoms with van der Waals surface area (Å²) in [6.45, 7) is -0.496. The van der Waals surface area contributed by atoms with Crippen LogP contribution in [0.3, 0.4) is 0 Å². The van der Waals surface area contributed by atoms with Crippen LogP contribution in [-0.2, 0) is 0 Å². The number of aromatic nitrogens is 1. The van der Waals surface area contributed by atoms with Crippen LogP contribution < -0.4 is 19.6 Å². The number of H-pyrrole nitrogens is 1. The van der Waals surface area contributed by atoms with Crippen LogP contribution in [0.2, 0.25) is 0 Å². The molecule has 0 spiro atoms. The van der Waals surface area contributed by atoms with Gasteiger partial charge in [-0.1, -0.05) is 0 Å². The first-order valence-electron chi connectivity index (χ1n) is 7.30. The van der Waals surface area contributed by atoms with E-state index in [-0.39, 0.29) is 5.43 Å². The molecule has 0 saturated heterocycles. The average molecular weight is 327 g/mol. The second-order valence-electron chi connectivity index (χ2n) is 5.07. The molecule has 3 aromatic rings. The van der Waals surface area contributed by atoms with Crippen molar-refractivity contribution in [2.45, 2.75) is 0 Å². The third-order valence-corrected chi connectivity index (χ3v) is 3.74. The number of hydrogen-bond donors (Lipinski definition) is 2. The van der Waals surface area contributed by atoms with Crippen molar-refractivity contribution in [1.29, 1.82) is 0 Å². The fourth-order valence-corrected chi connectivity index (χ4v) is 2.61. The second kappa shape index (κ2) is 6.64. The fraction of sp³-hybridized carbons (Fsp3) is 0.167. The number of benzene rings is 2. The molecule has 0 aliphatic rings. The number of nitrogens with one attached hydrogen (secondary N) is 1. The number of aliphatic hydroxyl groups excluding tert-OH is 1. The van der Waals surface area contributed by atoms with Crippen molar-refractivity contribution >= 4 is 10.9 Å². The normalized spacial score (nSPS) is 10.6. The highest BCUT2D eigenvalue weighted by Gasteiger charge is 2.14. The molecular formula is C18H17NO5. The third kappa shape index (κ3) is 2.79. The van der Waals surface area contributed by atoms with E-state index in [1.54, 1.807) is 19.2 Å². The van der Waals surface area contributed by atoms with Crippen LogP contribution in [0.4, 0.5) is 0 Å². The molecule has 0 fully saturated rings. The quantitative estimate of drug-likeness (QED) is 0.704. The number of fused-ring (bicyclic) bond motifs is 1. The molecular weight excluding hydrogens is 310 g/mol. The van der Waals surface area contributed by atoms with E-state index in [0.29, 0.717) is 28.1 Å². The zero-order chi connectivity index (χ0) is 17.1. The molecule has 1 aromatic heterocycles. The number of ether oxygens (including phenoxy) is 3. The van der Waals surface area contributed by atoms with Crippen LogP contribution in [0.25, 0.3) is 22.2 Å². The highest BCUT2D eigenvalue weighted by molar-refractivity contribution is 5.89. The van der Waals surface area contributed by atoms with E-state index in [0.717, 1.165) is 11.3 Å². The molecule has 6 nitrogen and oxygen atoms in total. The number of hydrogen-bond acceptors (Lipinski definition) is 5. The zero-order valence-electron chi connectivity index (χ0n) is 13.3. The number of aliphatic hydroxyl groups is 1. The van der Waals surface area contributed by atoms with E-state index in [2.05, 4.69) is 4.98 Å². The van der Waals surface area contributed by atoms with Crippen LogP contribution in [-0.4, -0.2) is 31.1 Å². The van der Waals surface area contributed by atoms with E-state index in [4.69, 9.17) is 19.3 Å². The third-order valence-electron chi connectivity index (χ3n) is 3.74. The lowest BCUT2D eigenvalue weighted by Gasteiger charge is -2.12. The van der Waals surface area contributed by atoms with E-state index >= 15 is 0 Å². The summed E-state index contributed by atoms with van der Waals surface area (Å²) in [5, 5.41) is 9.32. The van der Waals surface area contributed by atoms with E-state index in [1.165, 1.54) is 13.2 Å². The van der Waals surface area contributed by atoms with Crippen LogP contribution >= 0.6 is 0 Å². The van der Waals surface area contributed by atoms with Gasteiger partial charge < -0.3 is 24.3 Å². The predicted octanol–water partition coefficient (Wildman–Crippen LogP) is 2.54. The predicted molar refractivity (Wildman–Crippen MR) is 90.8 cm³/mol. The molecule has 0 radical (unpaired) electrons. The monoisotopic (exact) mass is 327 g/mol. The van der Waals surface area contributed by atoms with Gasteiger partial charge in [-0.05, 0) is 42.0 Å². The van der Waals surface area contributed by atoms with Gasteiger partial charge in [0.25, 0.3) is 0 Å². The fourth-order valence-electron chi connectivity index (χ4n) is 2.61. The van der Waals surface area contributed by atoms with Crippen LogP contribution in [0.15, 0.2) is 47.3 Å². The van der Waals surface area contributed by atoms with Crippen molar-refractivity contribution in [3.05, 3.63) is 52.7 Å². The SMILES string of the molecule is COc1ccc(-c2cc(=O)c3c(OC)c(OCO)ccc3[nH]2)cc1. The standard InChI is InChI=1S/C18H17NO5/c1-22-12-5-3-11(4-6-12)14-9-15(21)17-13(19-14)7-8-16(24-10-20)18(17)23-2/h3-9,20H,10H2,1-2H3,(H,19,21). The van der Waals surface area contributed by atoms with Crippen molar-refractivity contribution in [3.8, 4) is 28.5 Å². The molecule has 124 valence electrons. The minimum absolute atomic E-state index is 0.199. The van der Waals surface area contributed by atoms with Crippen LogP contribution in [0.5, 0.6) is 17.2 Å². The lowest BCUT2D eigenvalue weighted by molar-refractivity contribution is 0.0957. The first kappa shape index (κ1) is 15.9. The Morgan fingerprint density at radius 2 is 1.79 bits per heavy atom. The smallest absolute Gasteiger partial charge is 0.193 e. The Kier molecular flexibility index (Phi) is 4.39. The molecule has 3 rings (SSSR count). The van der Waals surface area contributed by atoms with Gasteiger partial charge in [0.1, 0.15) is 5.75 Å². The molecule has 6 heteroatoms. The first-order chi connectivity index (χ1) is 11.7. The zero-order valence-corrected chi connectivity index (χ0v) is 13.3. The summed E-state index contributed by atoms with van der Waals surface area (Å²) in [6.07, 6.45) is 0. The first-order valence-corrected chi connectivity index (χ1v) is 7.30. The lowest BCUT2D eigenvalue weighted by Crippen LogP contribution is -2.07. The topological polar surface area (TPSA) is 80.8 Å². The molecule has 24 heavy (non-hydrogen) atoms. The minimum atomic E-state index is -0.496. The Balaban J connectivity index is 2.17. The molecule has 2 N–H and O–H groups in total. The molecule has 0 aliphatic carbocycles. The van der Waals surface area contributed by atoms with Gasteiger partial charge in [-0.2, -0.15) is 0 Å². The second-order valence-corrected chi connectivity index (χ2v) is 5.07. The molecule has 0 aliphatic heterocycles. The summed E-state index contributed by atoms with van der Waals surface area (Å²) in [6, 6.07) is 12.3. The van der Waals surface area contributed by atoms with Crippen molar-refractivity contribution in [1.82, 2.24) is 4.98 Å². The highest BCUT2D eigenvalue weighted by Crippen LogP contribution is 2.33. The van der Waals surface area contributed by atoms with Gasteiger partial charge in [-0.25, -0.2) is 0 Å². The van der Waals surface area contributed by atoms with Crippen molar-refractivity contribution in [2.75, 3.05) is 21.0 Å². The molecule has 0 amide bonds. The Morgan fingerprint density at radius 3 is 2.42 bits per heavy atom. The largest absolute Gasteiger partial charge is 0.497 e. The number of pyridine rings is 1. The van der Waals surface area contributed by atoms with Gasteiger partial charge in [0.15, 0.2) is 23.7 Å². The Morgan fingerprint density at radius 1 is 1.04 bits per heavy atom. The summed E-state index contributed by atoms with van der Waals surface area (Å²) < 4.78 is 15.5. The maximum Gasteiger partial charge on any atom is 0.193 e. The molecule has 0 atom stereocenters. The van der Waals surface area contributed by atoms with Crippen LogP contribution in [0.1, 0.15) is 0 Å². The maximum absolute atomic E-state index is 12.6. The highest BCUT2D eigenvalue weighted by atomic mass is 16.6. The van der Waals surface area contributed by atoms with Gasteiger partial charge in [-0.15, -0.1) is 0 Å². The number of aromatic amines is 1. The summed E-state index contributed by atoms with van der Waals surface area (Å²) >= 11 is 0. The average Bonchev–Trinajstić information content (AvgIpc) is 2.62. The summed E-state index contributed by atoms with van der Waals surface area (Å²) in [5.74, 6) is 1.36. The van der Waals surface area contributed by atoms with Crippen molar-refractivity contribution in [2.24, 2.45) is 0 Å². The van der Waals surface area contributed by atoms with E-state index in [9.17, 15) is 4.79 Å². The Labute approximate surface area is 138 Å². The minimum Gasteiger partial charge on any atom is -0.497 e. The summed E-state index contributed by atoms with van der Waals surface area (Å²) in [5.41, 5.74) is 1.97. The molecule has 0 bridgehead atoms. The number of rotatable bonds is 5. The molecule has 2 aromatic carbocycles. The van der Waals surface area contributed by atoms with Gasteiger partial charge in [-0.3, -0.25) is 4.79 Å². The maximum atomic E-state index is 12.6. The molecule has 0 unspecified atom stereocenters. The Bertz CT molecular complexity index is 915. The summed E-state index contributed by atoms with van der Waals surface area (Å²) in [7, 11) is 3.06. The van der Waals surface area contributed by atoms with E-state index < -0.39 is 6.79 Å². The van der Waals surface area contributed by atoms with E-state index in [1.807, 2.05) is 24.3 Å². The van der Waals surface area contributed by atoms with Gasteiger partial charge in [0.2, 0.25) is 0 Å². The van der Waals surface area contributed by atoms with Crippen molar-refractivity contribution in [3.63, 3.8) is 0 Å². The van der Waals surface area contributed by atoms with Crippen LogP contribution in [0, 0.1) is 0 Å². The van der Waals surface area contributed by atoms with Gasteiger partial charge in [0.05, 0.1) is 25.1 Å². The Hall–Kier alpha value is -2.99.